The molecule has 0 N–H and O–H groups in total. The van der Waals surface area contributed by atoms with Crippen molar-refractivity contribution in [3.05, 3.63) is 35.4 Å². The Hall–Kier alpha value is -1.35. The van der Waals surface area contributed by atoms with E-state index in [0.717, 1.165) is 13.0 Å². The molecule has 0 bridgehead atoms. The van der Waals surface area contributed by atoms with Gasteiger partial charge in [0.05, 0.1) is 0 Å². The number of nitrogens with zero attached hydrogens (tertiary/aromatic N) is 2. The molecule has 0 saturated carbocycles. The van der Waals surface area contributed by atoms with Crippen LogP contribution in [-0.2, 0) is 11.2 Å². The van der Waals surface area contributed by atoms with Gasteiger partial charge in [0.1, 0.15) is 0 Å². The fraction of sp³-hybridized carbons (Fsp3) is 0.500. The van der Waals surface area contributed by atoms with Crippen molar-refractivity contribution >= 4 is 5.91 Å². The molecule has 1 aliphatic rings. The minimum Gasteiger partial charge on any atom is -0.349 e. The number of amides is 1. The Balaban J connectivity index is 2.24. The van der Waals surface area contributed by atoms with Gasteiger partial charge in [0.25, 0.3) is 0 Å². The van der Waals surface area contributed by atoms with Crippen LogP contribution in [0.25, 0.3) is 0 Å². The fourth-order valence-corrected chi connectivity index (χ4v) is 2.39. The molecule has 3 heteroatoms. The van der Waals surface area contributed by atoms with E-state index in [1.54, 1.807) is 4.90 Å². The summed E-state index contributed by atoms with van der Waals surface area (Å²) < 4.78 is 0. The molecule has 1 aromatic carbocycles. The van der Waals surface area contributed by atoms with Gasteiger partial charge in [0, 0.05) is 33.1 Å². The first-order chi connectivity index (χ1) is 8.09. The quantitative estimate of drug-likeness (QED) is 0.774. The van der Waals surface area contributed by atoms with Crippen molar-refractivity contribution < 1.29 is 4.79 Å². The van der Waals surface area contributed by atoms with E-state index in [2.05, 4.69) is 36.2 Å². The highest BCUT2D eigenvalue weighted by Gasteiger charge is 2.26. The molecule has 0 saturated heterocycles. The predicted octanol–water partition coefficient (Wildman–Crippen LogP) is 1.69. The zero-order chi connectivity index (χ0) is 12.4. The number of likely N-dealkylation sites (N-methyl/N-ethyl adjacent to an activating group) is 1. The lowest BCUT2D eigenvalue weighted by Gasteiger charge is -2.34. The van der Waals surface area contributed by atoms with Gasteiger partial charge in [-0.2, -0.15) is 0 Å². The second-order valence-electron chi connectivity index (χ2n) is 4.94. The van der Waals surface area contributed by atoms with Gasteiger partial charge in [-0.1, -0.05) is 24.3 Å². The molecular formula is C14H20N2O. The first-order valence-electron chi connectivity index (χ1n) is 6.08. The highest BCUT2D eigenvalue weighted by atomic mass is 16.2. The van der Waals surface area contributed by atoms with Crippen LogP contribution in [0.15, 0.2) is 24.3 Å². The van der Waals surface area contributed by atoms with E-state index < -0.39 is 0 Å². The van der Waals surface area contributed by atoms with Gasteiger partial charge in [-0.25, -0.2) is 0 Å². The minimum atomic E-state index is 0.193. The van der Waals surface area contributed by atoms with Gasteiger partial charge in [-0.15, -0.1) is 0 Å². The van der Waals surface area contributed by atoms with Gasteiger partial charge >= 0.3 is 0 Å². The van der Waals surface area contributed by atoms with Crippen LogP contribution in [0.5, 0.6) is 0 Å². The van der Waals surface area contributed by atoms with Crippen molar-refractivity contribution in [3.63, 3.8) is 0 Å². The first-order valence-corrected chi connectivity index (χ1v) is 6.08. The average molecular weight is 232 g/mol. The number of hydrogen-bond donors (Lipinski definition) is 0. The van der Waals surface area contributed by atoms with E-state index in [1.165, 1.54) is 11.1 Å². The van der Waals surface area contributed by atoms with Crippen LogP contribution in [0.3, 0.4) is 0 Å². The van der Waals surface area contributed by atoms with Crippen LogP contribution in [0.2, 0.25) is 0 Å². The SMILES string of the molecule is CN(C)C(=O)C[C@@H]1c2ccccc2CCN1C. The topological polar surface area (TPSA) is 23.6 Å². The van der Waals surface area contributed by atoms with Crippen LogP contribution in [-0.4, -0.2) is 43.4 Å². The smallest absolute Gasteiger partial charge is 0.223 e. The van der Waals surface area contributed by atoms with Crippen molar-refractivity contribution in [2.24, 2.45) is 0 Å². The normalized spacial score (nSPS) is 19.8. The van der Waals surface area contributed by atoms with E-state index >= 15 is 0 Å². The zero-order valence-electron chi connectivity index (χ0n) is 10.8. The van der Waals surface area contributed by atoms with Crippen molar-refractivity contribution in [1.29, 1.82) is 0 Å². The Morgan fingerprint density at radius 1 is 1.41 bits per heavy atom. The lowest BCUT2D eigenvalue weighted by molar-refractivity contribution is -0.130. The first kappa shape index (κ1) is 12.1. The molecule has 17 heavy (non-hydrogen) atoms. The molecule has 0 fully saturated rings. The van der Waals surface area contributed by atoms with Crippen molar-refractivity contribution in [3.8, 4) is 0 Å². The second-order valence-corrected chi connectivity index (χ2v) is 4.94. The third-order valence-corrected chi connectivity index (χ3v) is 3.55. The lowest BCUT2D eigenvalue weighted by atomic mass is 9.91. The molecule has 1 amide bonds. The summed E-state index contributed by atoms with van der Waals surface area (Å²) in [4.78, 5) is 15.8. The number of carbonyl (C=O) groups excluding carboxylic acids is 1. The summed E-state index contributed by atoms with van der Waals surface area (Å²) in [6, 6.07) is 8.70. The van der Waals surface area contributed by atoms with Crippen molar-refractivity contribution in [2.45, 2.75) is 18.9 Å². The molecule has 0 radical (unpaired) electrons. The summed E-state index contributed by atoms with van der Waals surface area (Å²) in [5, 5.41) is 0. The summed E-state index contributed by atoms with van der Waals surface area (Å²) in [7, 11) is 5.73. The molecule has 1 heterocycles. The predicted molar refractivity (Wildman–Crippen MR) is 68.8 cm³/mol. The Labute approximate surface area is 103 Å². The van der Waals surface area contributed by atoms with E-state index in [1.807, 2.05) is 14.1 Å². The van der Waals surface area contributed by atoms with E-state index in [-0.39, 0.29) is 11.9 Å². The van der Waals surface area contributed by atoms with Crippen molar-refractivity contribution in [2.75, 3.05) is 27.7 Å². The van der Waals surface area contributed by atoms with Crippen LogP contribution >= 0.6 is 0 Å². The van der Waals surface area contributed by atoms with Crippen LogP contribution in [0.4, 0.5) is 0 Å². The summed E-state index contributed by atoms with van der Waals surface area (Å²) in [5.74, 6) is 0.193. The summed E-state index contributed by atoms with van der Waals surface area (Å²) in [6.07, 6.45) is 1.65. The molecule has 0 aliphatic carbocycles. The molecule has 0 aromatic heterocycles. The maximum absolute atomic E-state index is 11.9. The molecular weight excluding hydrogens is 212 g/mol. The number of rotatable bonds is 2. The molecule has 1 atom stereocenters. The van der Waals surface area contributed by atoms with Gasteiger partial charge in [-0.3, -0.25) is 9.69 Å². The third kappa shape index (κ3) is 2.50. The molecule has 2 rings (SSSR count). The highest BCUT2D eigenvalue weighted by molar-refractivity contribution is 5.76. The van der Waals surface area contributed by atoms with E-state index in [0.29, 0.717) is 6.42 Å². The Morgan fingerprint density at radius 3 is 2.82 bits per heavy atom. The number of carbonyl (C=O) groups is 1. The third-order valence-electron chi connectivity index (χ3n) is 3.55. The zero-order valence-corrected chi connectivity index (χ0v) is 10.8. The number of benzene rings is 1. The molecule has 0 unspecified atom stereocenters. The second kappa shape index (κ2) is 4.88. The maximum atomic E-state index is 11.9. The van der Waals surface area contributed by atoms with E-state index in [9.17, 15) is 4.79 Å². The minimum absolute atomic E-state index is 0.193. The number of hydrogen-bond acceptors (Lipinski definition) is 2. The Bertz CT molecular complexity index is 414. The van der Waals surface area contributed by atoms with Crippen LogP contribution in [0.1, 0.15) is 23.6 Å². The summed E-state index contributed by atoms with van der Waals surface area (Å²) in [6.45, 7) is 1.03. The molecule has 3 nitrogen and oxygen atoms in total. The van der Waals surface area contributed by atoms with Crippen LogP contribution in [0, 0.1) is 0 Å². The molecule has 1 aromatic rings. The van der Waals surface area contributed by atoms with Crippen molar-refractivity contribution in [1.82, 2.24) is 9.80 Å². The summed E-state index contributed by atoms with van der Waals surface area (Å²) in [5.41, 5.74) is 2.71. The molecule has 92 valence electrons. The highest BCUT2D eigenvalue weighted by Crippen LogP contribution is 2.31. The standard InChI is InChI=1S/C14H20N2O/c1-15(2)14(17)10-13-12-7-5-4-6-11(12)8-9-16(13)3/h4-7,13H,8-10H2,1-3H3/t13-/m1/s1. The molecule has 0 spiro atoms. The van der Waals surface area contributed by atoms with Gasteiger partial charge in [0.2, 0.25) is 5.91 Å². The maximum Gasteiger partial charge on any atom is 0.223 e. The number of fused-ring (bicyclic) bond motifs is 1. The van der Waals surface area contributed by atoms with Crippen LogP contribution < -0.4 is 0 Å². The monoisotopic (exact) mass is 232 g/mol. The summed E-state index contributed by atoms with van der Waals surface area (Å²) >= 11 is 0. The Kier molecular flexibility index (Phi) is 3.48. The van der Waals surface area contributed by atoms with Gasteiger partial charge < -0.3 is 4.90 Å². The Morgan fingerprint density at radius 2 is 2.12 bits per heavy atom. The van der Waals surface area contributed by atoms with Gasteiger partial charge in [-0.05, 0) is 24.6 Å². The average Bonchev–Trinajstić information content (AvgIpc) is 2.32. The van der Waals surface area contributed by atoms with Gasteiger partial charge in [0.15, 0.2) is 0 Å². The fourth-order valence-electron chi connectivity index (χ4n) is 2.39. The molecule has 1 aliphatic heterocycles. The largest absolute Gasteiger partial charge is 0.349 e. The van der Waals surface area contributed by atoms with E-state index in [4.69, 9.17) is 0 Å². The lowest BCUT2D eigenvalue weighted by Crippen LogP contribution is -2.35.